The SMILES string of the molecule is C=CC(=O)N1CCN(C2NC(OCC3CCCN3C)NC3CC4(CCC32)Cc2ccccc2C4OC)CC1CC#N. The number of fused-ring (bicyclic) bond motifs is 2. The van der Waals surface area contributed by atoms with Gasteiger partial charge < -0.3 is 19.3 Å². The molecule has 1 spiro atoms. The van der Waals surface area contributed by atoms with Crippen LogP contribution in [-0.2, 0) is 20.7 Å². The summed E-state index contributed by atoms with van der Waals surface area (Å²) in [5.74, 6) is 0.300. The van der Waals surface area contributed by atoms with Crippen molar-refractivity contribution in [2.45, 2.75) is 81.7 Å². The van der Waals surface area contributed by atoms with Crippen LogP contribution in [0.2, 0.25) is 0 Å². The number of nitriles is 1. The topological polar surface area (TPSA) is 93.1 Å². The number of hydrogen-bond acceptors (Lipinski definition) is 8. The van der Waals surface area contributed by atoms with Crippen molar-refractivity contribution in [2.75, 3.05) is 46.9 Å². The van der Waals surface area contributed by atoms with Gasteiger partial charge in [-0.2, -0.15) is 5.26 Å². The van der Waals surface area contributed by atoms with Gasteiger partial charge in [-0.1, -0.05) is 30.8 Å². The summed E-state index contributed by atoms with van der Waals surface area (Å²) in [6.07, 6.45) is 8.31. The molecule has 0 aromatic heterocycles. The molecule has 1 saturated carbocycles. The Kier molecular flexibility index (Phi) is 8.51. The summed E-state index contributed by atoms with van der Waals surface area (Å²) in [7, 11) is 4.05. The number of benzene rings is 1. The molecule has 1 aromatic carbocycles. The number of piperazine rings is 1. The summed E-state index contributed by atoms with van der Waals surface area (Å²) in [6, 6.07) is 11.7. The summed E-state index contributed by atoms with van der Waals surface area (Å²) in [5, 5.41) is 17.3. The van der Waals surface area contributed by atoms with Crippen molar-refractivity contribution in [1.82, 2.24) is 25.3 Å². The van der Waals surface area contributed by atoms with Crippen LogP contribution in [0.5, 0.6) is 0 Å². The zero-order valence-electron chi connectivity index (χ0n) is 24.6. The molecule has 0 radical (unpaired) electrons. The third-order valence-electron chi connectivity index (χ3n) is 10.7. The summed E-state index contributed by atoms with van der Waals surface area (Å²) in [4.78, 5) is 19.3. The molecule has 9 nitrogen and oxygen atoms in total. The van der Waals surface area contributed by atoms with Gasteiger partial charge in [0.05, 0.1) is 37.4 Å². The van der Waals surface area contributed by atoms with Gasteiger partial charge in [-0.25, -0.2) is 0 Å². The molecular formula is C32H46N6O3. The summed E-state index contributed by atoms with van der Waals surface area (Å²) < 4.78 is 12.8. The first-order chi connectivity index (χ1) is 20.0. The van der Waals surface area contributed by atoms with E-state index < -0.39 is 0 Å². The van der Waals surface area contributed by atoms with Crippen LogP contribution >= 0.6 is 0 Å². The van der Waals surface area contributed by atoms with E-state index >= 15 is 0 Å². The van der Waals surface area contributed by atoms with Crippen LogP contribution in [0.1, 0.15) is 55.8 Å². The second kappa shape index (κ2) is 12.1. The molecule has 5 aliphatic rings. The molecule has 6 rings (SSSR count). The Bertz CT molecular complexity index is 1160. The molecule has 41 heavy (non-hydrogen) atoms. The fourth-order valence-corrected chi connectivity index (χ4v) is 8.65. The lowest BCUT2D eigenvalue weighted by Gasteiger charge is -2.55. The largest absolute Gasteiger partial charge is 0.376 e. The molecule has 222 valence electrons. The molecule has 3 heterocycles. The Morgan fingerprint density at radius 2 is 2.07 bits per heavy atom. The second-order valence-corrected chi connectivity index (χ2v) is 12.9. The predicted molar refractivity (Wildman–Crippen MR) is 156 cm³/mol. The van der Waals surface area contributed by atoms with Crippen molar-refractivity contribution in [1.29, 1.82) is 5.26 Å². The Morgan fingerprint density at radius 3 is 2.83 bits per heavy atom. The fourth-order valence-electron chi connectivity index (χ4n) is 8.65. The third-order valence-corrected chi connectivity index (χ3v) is 10.7. The van der Waals surface area contributed by atoms with Crippen LogP contribution in [0, 0.1) is 22.7 Å². The maximum atomic E-state index is 12.6. The van der Waals surface area contributed by atoms with Crippen molar-refractivity contribution in [2.24, 2.45) is 11.3 Å². The molecule has 0 bridgehead atoms. The van der Waals surface area contributed by atoms with E-state index in [2.05, 4.69) is 64.4 Å². The Morgan fingerprint density at radius 1 is 1.22 bits per heavy atom. The highest BCUT2D eigenvalue weighted by atomic mass is 16.5. The molecule has 2 aliphatic carbocycles. The van der Waals surface area contributed by atoms with Crippen molar-refractivity contribution < 1.29 is 14.3 Å². The number of hydrogen-bond donors (Lipinski definition) is 2. The molecule has 3 aliphatic heterocycles. The Balaban J connectivity index is 1.23. The minimum Gasteiger partial charge on any atom is -0.376 e. The van der Waals surface area contributed by atoms with E-state index in [0.717, 1.165) is 38.8 Å². The lowest BCUT2D eigenvalue weighted by molar-refractivity contribution is -0.140. The maximum Gasteiger partial charge on any atom is 0.246 e. The first kappa shape index (κ1) is 28.8. The summed E-state index contributed by atoms with van der Waals surface area (Å²) in [5.41, 5.74) is 2.84. The highest BCUT2D eigenvalue weighted by Crippen LogP contribution is 2.57. The lowest BCUT2D eigenvalue weighted by Crippen LogP contribution is -2.72. The van der Waals surface area contributed by atoms with Gasteiger partial charge >= 0.3 is 0 Å². The van der Waals surface area contributed by atoms with Crippen LogP contribution in [0.25, 0.3) is 0 Å². The van der Waals surface area contributed by atoms with Crippen LogP contribution in [0.3, 0.4) is 0 Å². The Labute approximate surface area is 244 Å². The number of likely N-dealkylation sites (N-methyl/N-ethyl adjacent to an activating group) is 1. The molecule has 2 N–H and O–H groups in total. The maximum absolute atomic E-state index is 12.6. The van der Waals surface area contributed by atoms with Crippen molar-refractivity contribution in [3.05, 3.63) is 48.0 Å². The van der Waals surface area contributed by atoms with E-state index in [1.165, 1.54) is 30.0 Å². The van der Waals surface area contributed by atoms with Crippen LogP contribution in [-0.4, -0.2) is 98.2 Å². The van der Waals surface area contributed by atoms with Crippen molar-refractivity contribution in [3.63, 3.8) is 0 Å². The van der Waals surface area contributed by atoms with Gasteiger partial charge in [0.25, 0.3) is 0 Å². The first-order valence-electron chi connectivity index (χ1n) is 15.4. The number of amides is 1. The van der Waals surface area contributed by atoms with Gasteiger partial charge in [-0.05, 0) is 69.3 Å². The number of carbonyl (C=O) groups is 1. The minimum atomic E-state index is -0.252. The number of ether oxygens (including phenoxy) is 2. The molecule has 1 amide bonds. The summed E-state index contributed by atoms with van der Waals surface area (Å²) in [6.45, 7) is 7.54. The van der Waals surface area contributed by atoms with E-state index in [4.69, 9.17) is 9.47 Å². The average molecular weight is 563 g/mol. The third kappa shape index (κ3) is 5.47. The molecule has 9 heteroatoms. The molecule has 1 aromatic rings. The van der Waals surface area contributed by atoms with Gasteiger partial charge in [0.1, 0.15) is 0 Å². The molecular weight excluding hydrogens is 516 g/mol. The van der Waals surface area contributed by atoms with E-state index in [1.54, 1.807) is 0 Å². The number of methoxy groups -OCH3 is 1. The van der Waals surface area contributed by atoms with Gasteiger partial charge in [-0.15, -0.1) is 0 Å². The monoisotopic (exact) mass is 562 g/mol. The van der Waals surface area contributed by atoms with Crippen molar-refractivity contribution >= 4 is 5.91 Å². The molecule has 3 saturated heterocycles. The van der Waals surface area contributed by atoms with E-state index in [-0.39, 0.29) is 42.0 Å². The molecule has 4 fully saturated rings. The van der Waals surface area contributed by atoms with Gasteiger partial charge in [0.2, 0.25) is 5.91 Å². The quantitative estimate of drug-likeness (QED) is 0.490. The van der Waals surface area contributed by atoms with Crippen LogP contribution in [0.4, 0.5) is 0 Å². The normalized spacial score (nSPS) is 37.5. The Hall–Kier alpha value is -2.32. The van der Waals surface area contributed by atoms with E-state index in [0.29, 0.717) is 38.1 Å². The smallest absolute Gasteiger partial charge is 0.246 e. The molecule has 8 atom stereocenters. The van der Waals surface area contributed by atoms with E-state index in [1.807, 2.05) is 12.0 Å². The van der Waals surface area contributed by atoms with Crippen LogP contribution < -0.4 is 10.6 Å². The van der Waals surface area contributed by atoms with Crippen LogP contribution in [0.15, 0.2) is 36.9 Å². The van der Waals surface area contributed by atoms with Gasteiger partial charge in [0.15, 0.2) is 6.35 Å². The minimum absolute atomic E-state index is 0.0726. The lowest BCUT2D eigenvalue weighted by atomic mass is 9.64. The standard InChI is InChI=1S/C32H46N6O3/c1-4-28(39)38-17-16-37(20-23(38)12-14-33)30-26-11-13-32(18-22-8-5-6-10-25(22)29(32)40-3)19-27(26)34-31(35-30)41-21-24-9-7-15-36(24)2/h4-6,8,10,23-24,26-27,29-31,34-35H,1,7,9,11-13,15-21H2,2-3H3. The predicted octanol–water partition coefficient (Wildman–Crippen LogP) is 2.61. The first-order valence-corrected chi connectivity index (χ1v) is 15.4. The zero-order valence-corrected chi connectivity index (χ0v) is 24.6. The molecule has 8 unspecified atom stereocenters. The average Bonchev–Trinajstić information content (AvgIpc) is 3.54. The van der Waals surface area contributed by atoms with Gasteiger partial charge in [0, 0.05) is 50.2 Å². The number of nitrogens with one attached hydrogen (secondary N) is 2. The number of rotatable bonds is 7. The van der Waals surface area contributed by atoms with Gasteiger partial charge in [-0.3, -0.25) is 20.3 Å². The highest BCUT2D eigenvalue weighted by molar-refractivity contribution is 5.87. The number of likely N-dealkylation sites (tertiary alicyclic amines) is 1. The number of carbonyl (C=O) groups excluding carboxylic acids is 1. The second-order valence-electron chi connectivity index (χ2n) is 12.9. The number of nitrogens with zero attached hydrogens (tertiary/aromatic N) is 4. The summed E-state index contributed by atoms with van der Waals surface area (Å²) >= 11 is 0. The fraction of sp³-hybridized carbons (Fsp3) is 0.688. The zero-order chi connectivity index (χ0) is 28.6. The van der Waals surface area contributed by atoms with E-state index in [9.17, 15) is 10.1 Å². The van der Waals surface area contributed by atoms with Crippen molar-refractivity contribution in [3.8, 4) is 6.07 Å². The highest BCUT2D eigenvalue weighted by Gasteiger charge is 2.54.